The third-order valence-electron chi connectivity index (χ3n) is 13.9. The van der Waals surface area contributed by atoms with Crippen molar-refractivity contribution in [3.8, 4) is 0 Å². The number of aliphatic hydroxyl groups excluding tert-OH is 3. The summed E-state index contributed by atoms with van der Waals surface area (Å²) in [5, 5.41) is 43.2. The summed E-state index contributed by atoms with van der Waals surface area (Å²) in [5.74, 6) is -4.69. The standard InChI is InChI=1S/C45H73N7O19S/c1-6-9-11-13-30(53)66-22-28-34(55)35(56)36(70-31(54)14-12-10-7-2)42(69-28)68-26-19-27-38(57)45(20-26)37(50-44(61)71-45)33(40(59)48-17-15-25-16-18-51(21-25)43(46)47)52(27)41(60)32(24(4)8-3)49-39(58)29(65-5)23-67-72(62,63)64/h16,24,26-29,32-38,42,55-57H,6-15,17-23H2,1-5H3,(H7,46,47,48,49,50,58,59,61,62,63,64)/p+1/t24-,26+,27+,28+,29?,32+,33+,34+,35-,36+,37-,38?,42-,45-/m0/s1. The number of rotatable bonds is 26. The highest BCUT2D eigenvalue weighted by Gasteiger charge is 2.70. The molecular formula is C45H74N7O19S+. The molecule has 4 aliphatic heterocycles. The fourth-order valence-electron chi connectivity index (χ4n) is 9.77. The maximum absolute atomic E-state index is 15.4. The van der Waals surface area contributed by atoms with E-state index < -0.39 is 144 Å². The van der Waals surface area contributed by atoms with Gasteiger partial charge in [0.05, 0.1) is 25.2 Å². The molecular weight excluding hydrogens is 975 g/mol. The van der Waals surface area contributed by atoms with Crippen molar-refractivity contribution in [2.45, 2.75) is 184 Å². The zero-order valence-electron chi connectivity index (χ0n) is 41.5. The molecule has 408 valence electrons. The summed E-state index contributed by atoms with van der Waals surface area (Å²) in [6, 6.07) is -6.09. The van der Waals surface area contributed by atoms with Crippen molar-refractivity contribution in [3.63, 3.8) is 0 Å². The molecule has 26 nitrogen and oxygen atoms in total. The van der Waals surface area contributed by atoms with Gasteiger partial charge in [0.15, 0.2) is 24.1 Å². The predicted molar refractivity (Wildman–Crippen MR) is 249 cm³/mol. The summed E-state index contributed by atoms with van der Waals surface area (Å²) in [4.78, 5) is 84.1. The first kappa shape index (κ1) is 58.2. The minimum absolute atomic E-state index is 0.0325. The van der Waals surface area contributed by atoms with E-state index in [-0.39, 0.29) is 44.6 Å². The van der Waals surface area contributed by atoms with Gasteiger partial charge in [-0.05, 0) is 43.3 Å². The number of nitrogens with two attached hydrogens (primary N) is 2. The van der Waals surface area contributed by atoms with Crippen LogP contribution in [0.1, 0.15) is 105 Å². The largest absolute Gasteiger partial charge is 0.463 e. The Kier molecular flexibility index (Phi) is 21.0. The topological polar surface area (TPSA) is 376 Å². The van der Waals surface area contributed by atoms with Gasteiger partial charge < -0.3 is 64.6 Å². The maximum Gasteiger partial charge on any atom is 0.408 e. The van der Waals surface area contributed by atoms with Crippen LogP contribution >= 0.6 is 0 Å². The number of ether oxygens (including phenoxy) is 6. The van der Waals surface area contributed by atoms with Crippen LogP contribution in [0.3, 0.4) is 0 Å². The average molecular weight is 1050 g/mol. The van der Waals surface area contributed by atoms with E-state index in [1.807, 2.05) is 19.9 Å². The van der Waals surface area contributed by atoms with E-state index in [2.05, 4.69) is 20.1 Å². The molecule has 4 fully saturated rings. The number of unbranched alkanes of at least 4 members (excludes halogenated alkanes) is 4. The third-order valence-corrected chi connectivity index (χ3v) is 14.4. The minimum atomic E-state index is -5.03. The second-order valence-electron chi connectivity index (χ2n) is 19.0. The van der Waals surface area contributed by atoms with Gasteiger partial charge in [0.2, 0.25) is 11.8 Å². The van der Waals surface area contributed by atoms with Crippen LogP contribution in [-0.4, -0.2) is 198 Å². The zero-order chi connectivity index (χ0) is 53.1. The van der Waals surface area contributed by atoms with Gasteiger partial charge in [0.25, 0.3) is 5.91 Å². The van der Waals surface area contributed by atoms with Gasteiger partial charge in [-0.2, -0.15) is 8.42 Å². The molecule has 2 unspecified atom stereocenters. The van der Waals surface area contributed by atoms with E-state index in [0.29, 0.717) is 38.8 Å². The normalized spacial score (nSPS) is 30.2. The van der Waals surface area contributed by atoms with E-state index in [1.165, 1.54) is 0 Å². The lowest BCUT2D eigenvalue weighted by Crippen LogP contribution is -2.80. The number of likely N-dealkylation sites (tertiary alicyclic amines) is 1. The second-order valence-corrected chi connectivity index (χ2v) is 20.1. The van der Waals surface area contributed by atoms with Crippen molar-refractivity contribution in [2.24, 2.45) is 17.4 Å². The number of amides is 4. The molecule has 72 heavy (non-hydrogen) atoms. The van der Waals surface area contributed by atoms with Crippen LogP contribution in [0.15, 0.2) is 11.6 Å². The molecule has 27 heteroatoms. The Morgan fingerprint density at radius 2 is 1.71 bits per heavy atom. The fourth-order valence-corrected chi connectivity index (χ4v) is 10.1. The lowest BCUT2D eigenvalue weighted by Gasteiger charge is -2.58. The van der Waals surface area contributed by atoms with E-state index >= 15 is 4.79 Å². The number of guanidine groups is 1. The van der Waals surface area contributed by atoms with Crippen molar-refractivity contribution >= 4 is 52.1 Å². The van der Waals surface area contributed by atoms with Crippen LogP contribution in [0.4, 0.5) is 4.79 Å². The molecule has 1 spiro atoms. The Morgan fingerprint density at radius 1 is 1.03 bits per heavy atom. The van der Waals surface area contributed by atoms with E-state index in [1.54, 1.807) is 18.4 Å². The number of nitrogens with one attached hydrogen (secondary N) is 3. The molecule has 3 saturated heterocycles. The maximum atomic E-state index is 15.4. The van der Waals surface area contributed by atoms with E-state index in [4.69, 9.17) is 39.9 Å². The predicted octanol–water partition coefficient (Wildman–Crippen LogP) is -1.89. The Balaban J connectivity index is 1.52. The average Bonchev–Trinajstić information content (AvgIpc) is 3.94. The number of alkyl carbamates (subject to hydrolysis) is 1. The molecule has 0 aromatic rings. The van der Waals surface area contributed by atoms with Crippen molar-refractivity contribution in [1.82, 2.24) is 20.9 Å². The number of hydrogen-bond acceptors (Lipinski definition) is 18. The highest BCUT2D eigenvalue weighted by molar-refractivity contribution is 7.80. The first-order valence-corrected chi connectivity index (χ1v) is 26.0. The number of nitrogens with zero attached hydrogens (tertiary/aromatic N) is 2. The quantitative estimate of drug-likeness (QED) is 0.00870. The molecule has 0 radical (unpaired) electrons. The summed E-state index contributed by atoms with van der Waals surface area (Å²) < 4.78 is 72.9. The van der Waals surface area contributed by atoms with Gasteiger partial charge >= 0.3 is 34.4 Å². The third kappa shape index (κ3) is 14.3. The van der Waals surface area contributed by atoms with E-state index in [9.17, 15) is 52.3 Å². The fraction of sp³-hybridized carbons (Fsp3) is 0.800. The first-order chi connectivity index (χ1) is 34.1. The highest BCUT2D eigenvalue weighted by Crippen LogP contribution is 2.48. The Labute approximate surface area is 418 Å². The number of carbonyl (C=O) groups excluding carboxylic acids is 6. The van der Waals surface area contributed by atoms with Crippen molar-refractivity contribution in [1.29, 1.82) is 0 Å². The molecule has 1 aliphatic carbocycles. The molecule has 1 saturated carbocycles. The summed E-state index contributed by atoms with van der Waals surface area (Å²) in [6.07, 6.45) is -8.10. The second kappa shape index (κ2) is 26.0. The van der Waals surface area contributed by atoms with Crippen molar-refractivity contribution < 1.29 is 94.2 Å². The van der Waals surface area contributed by atoms with Gasteiger partial charge in [0.1, 0.15) is 55.8 Å². The highest BCUT2D eigenvalue weighted by atomic mass is 32.3. The summed E-state index contributed by atoms with van der Waals surface area (Å²) in [7, 11) is -3.97. The smallest absolute Gasteiger partial charge is 0.408 e. The SMILES string of the molecule is CCCCCC(=O)OC[C@H]1O[C@H](O[C@@H]2C[C@@H]3C(O)[C@@]4(C2)OC(=O)N[C@H]4[C@H](C(=O)NCCC2=CC[N+](=C(N)N)C2)N3C(=O)[C@H](NC(=O)C(COS(=O)(=O)O)OC)[C@@H](C)CC)[C@H](OC(=O)CCCCC)[C@@H](O)[C@@H]1O. The zero-order valence-corrected chi connectivity index (χ0v) is 42.3. The van der Waals surface area contributed by atoms with Gasteiger partial charge in [-0.15, -0.1) is 0 Å². The number of esters is 2. The summed E-state index contributed by atoms with van der Waals surface area (Å²) in [6.45, 7) is 6.59. The number of carbonyl (C=O) groups is 6. The molecule has 2 bridgehead atoms. The molecule has 14 atom stereocenters. The van der Waals surface area contributed by atoms with Gasteiger partial charge in [0, 0.05) is 32.9 Å². The number of methoxy groups -OCH3 is 1. The number of hydrogen-bond donors (Lipinski definition) is 9. The molecule has 4 heterocycles. The van der Waals surface area contributed by atoms with Gasteiger partial charge in [-0.1, -0.05) is 59.8 Å². The van der Waals surface area contributed by atoms with Gasteiger partial charge in [-0.3, -0.25) is 44.6 Å². The first-order valence-electron chi connectivity index (χ1n) is 24.6. The van der Waals surface area contributed by atoms with Crippen molar-refractivity contribution in [2.75, 3.05) is 40.0 Å². The van der Waals surface area contributed by atoms with Gasteiger partial charge in [-0.25, -0.2) is 8.98 Å². The molecule has 5 rings (SSSR count). The Bertz CT molecular complexity index is 2110. The molecule has 0 aromatic heterocycles. The lowest BCUT2D eigenvalue weighted by atomic mass is 9.66. The van der Waals surface area contributed by atoms with E-state index in [0.717, 1.165) is 36.8 Å². The van der Waals surface area contributed by atoms with Crippen LogP contribution in [0, 0.1) is 5.92 Å². The Morgan fingerprint density at radius 3 is 2.32 bits per heavy atom. The number of piperidine rings is 1. The van der Waals surface area contributed by atoms with Crippen LogP contribution in [-0.2, 0) is 67.0 Å². The van der Waals surface area contributed by atoms with Crippen LogP contribution in [0.5, 0.6) is 0 Å². The molecule has 4 amide bonds. The number of aliphatic hydroxyl groups is 3. The van der Waals surface area contributed by atoms with Crippen LogP contribution in [0.2, 0.25) is 0 Å². The summed E-state index contributed by atoms with van der Waals surface area (Å²) >= 11 is 0. The number of fused-ring (bicyclic) bond motifs is 1. The molecule has 5 aliphatic rings. The minimum Gasteiger partial charge on any atom is -0.463 e. The lowest BCUT2D eigenvalue weighted by molar-refractivity contribution is -0.503. The Hall–Kier alpha value is -4.74. The monoisotopic (exact) mass is 1050 g/mol. The molecule has 11 N–H and O–H groups in total. The van der Waals surface area contributed by atoms with Crippen molar-refractivity contribution in [3.05, 3.63) is 11.6 Å². The van der Waals surface area contributed by atoms with Crippen LogP contribution < -0.4 is 27.4 Å². The molecule has 0 aromatic carbocycles. The van der Waals surface area contributed by atoms with Crippen LogP contribution in [0.25, 0.3) is 0 Å². The summed E-state index contributed by atoms with van der Waals surface area (Å²) in [5.41, 5.74) is 10.4.